The number of amides is 1. The number of non-ortho nitro benzene ring substituents is 1. The van der Waals surface area contributed by atoms with Crippen molar-refractivity contribution in [3.63, 3.8) is 0 Å². The van der Waals surface area contributed by atoms with E-state index in [0.717, 1.165) is 12.1 Å². The van der Waals surface area contributed by atoms with Crippen molar-refractivity contribution >= 4 is 27.6 Å². The van der Waals surface area contributed by atoms with Crippen LogP contribution in [0.25, 0.3) is 0 Å². The Labute approximate surface area is 186 Å². The summed E-state index contributed by atoms with van der Waals surface area (Å²) in [6.07, 6.45) is 0.491. The fraction of sp³-hybridized carbons (Fsp3) is 0.619. The van der Waals surface area contributed by atoms with E-state index in [1.54, 1.807) is 27.7 Å². The molecule has 1 aromatic carbocycles. The Morgan fingerprint density at radius 3 is 2.41 bits per heavy atom. The van der Waals surface area contributed by atoms with E-state index >= 15 is 0 Å². The molecule has 3 rings (SSSR count). The molecule has 2 atom stereocenters. The van der Waals surface area contributed by atoms with E-state index in [1.807, 2.05) is 0 Å². The molecule has 0 spiro atoms. The number of nitro benzene ring substituents is 1. The molecule has 1 aliphatic heterocycles. The topological polar surface area (TPSA) is 133 Å². The Hall–Kier alpha value is -2.69. The van der Waals surface area contributed by atoms with Gasteiger partial charge in [-0.1, -0.05) is 0 Å². The Morgan fingerprint density at radius 1 is 1.22 bits per heavy atom. The Bertz CT molecular complexity index is 1030. The number of likely N-dealkylation sites (tertiary alicyclic amines) is 1. The molecule has 1 saturated carbocycles. The van der Waals surface area contributed by atoms with E-state index in [2.05, 4.69) is 0 Å². The summed E-state index contributed by atoms with van der Waals surface area (Å²) in [5.41, 5.74) is -1.10. The molecule has 0 aromatic heterocycles. The molecule has 1 aromatic rings. The van der Waals surface area contributed by atoms with Crippen molar-refractivity contribution in [2.45, 2.75) is 68.7 Å². The monoisotopic (exact) mass is 468 g/mol. The third-order valence-corrected chi connectivity index (χ3v) is 7.74. The van der Waals surface area contributed by atoms with Gasteiger partial charge in [-0.2, -0.15) is 0 Å². The predicted octanol–water partition coefficient (Wildman–Crippen LogP) is 3.39. The maximum Gasteiger partial charge on any atom is 0.410 e. The molecule has 1 amide bonds. The van der Waals surface area contributed by atoms with Gasteiger partial charge in [-0.3, -0.25) is 14.9 Å². The van der Waals surface area contributed by atoms with Crippen LogP contribution < -0.4 is 0 Å². The van der Waals surface area contributed by atoms with Crippen molar-refractivity contribution in [1.29, 1.82) is 0 Å². The van der Waals surface area contributed by atoms with Crippen LogP contribution in [0.1, 0.15) is 58.6 Å². The fourth-order valence-corrected chi connectivity index (χ4v) is 5.78. The van der Waals surface area contributed by atoms with Crippen molar-refractivity contribution in [3.05, 3.63) is 33.9 Å². The number of carbonyl (C=O) groups is 2. The van der Waals surface area contributed by atoms with Gasteiger partial charge in [0.2, 0.25) is 0 Å². The van der Waals surface area contributed by atoms with Crippen LogP contribution in [0.15, 0.2) is 23.1 Å². The van der Waals surface area contributed by atoms with E-state index < -0.39 is 49.6 Å². The molecule has 0 N–H and O–H groups in total. The molecule has 10 nitrogen and oxygen atoms in total. The van der Waals surface area contributed by atoms with Crippen LogP contribution in [0.5, 0.6) is 0 Å². The molecule has 0 bridgehead atoms. The number of hydrogen-bond donors (Lipinski definition) is 0. The molecular formula is C21H28N2O8S. The van der Waals surface area contributed by atoms with Crippen LogP contribution in [0.2, 0.25) is 0 Å². The molecular weight excluding hydrogens is 440 g/mol. The summed E-state index contributed by atoms with van der Waals surface area (Å²) in [5.74, 6) is -1.47. The standard InChI is InChI=1S/C21H28N2O8S/c1-5-30-19(24)15-10-11-22(20(25)31-21(2,3)4)18(15)16-12-13(23(26)27)6-9-17(16)32(28,29)14-7-8-14/h6,9,12,14-15,18H,5,7-8,10-11H2,1-4H3/t15?,18-/m0/s1. The van der Waals surface area contributed by atoms with E-state index in [1.165, 1.54) is 11.0 Å². The first-order valence-electron chi connectivity index (χ1n) is 10.5. The van der Waals surface area contributed by atoms with Crippen molar-refractivity contribution in [1.82, 2.24) is 4.90 Å². The van der Waals surface area contributed by atoms with Crippen LogP contribution in [-0.4, -0.2) is 54.3 Å². The third-order valence-electron chi connectivity index (χ3n) is 5.41. The maximum atomic E-state index is 13.1. The SMILES string of the molecule is CCOC(=O)C1CCN(C(=O)OC(C)(C)C)[C@@H]1c1cc([N+](=O)[O-])ccc1S(=O)(=O)C1CC1. The fourth-order valence-electron chi connectivity index (χ4n) is 3.90. The molecule has 1 saturated heterocycles. The molecule has 0 radical (unpaired) electrons. The second kappa shape index (κ2) is 8.68. The number of rotatable bonds is 6. The highest BCUT2D eigenvalue weighted by molar-refractivity contribution is 7.92. The van der Waals surface area contributed by atoms with Gasteiger partial charge < -0.3 is 14.4 Å². The quantitative estimate of drug-likeness (QED) is 0.352. The largest absolute Gasteiger partial charge is 0.466 e. The minimum atomic E-state index is -3.78. The van der Waals surface area contributed by atoms with Gasteiger partial charge in [-0.05, 0) is 53.0 Å². The zero-order chi connectivity index (χ0) is 23.8. The summed E-state index contributed by atoms with van der Waals surface area (Å²) in [7, 11) is -3.78. The van der Waals surface area contributed by atoms with Gasteiger partial charge in [-0.25, -0.2) is 13.2 Å². The Kier molecular flexibility index (Phi) is 6.50. The first kappa shape index (κ1) is 24.0. The van der Waals surface area contributed by atoms with Crippen molar-refractivity contribution < 1.29 is 32.4 Å². The van der Waals surface area contributed by atoms with Gasteiger partial charge in [0.15, 0.2) is 9.84 Å². The summed E-state index contributed by atoms with van der Waals surface area (Å²) in [4.78, 5) is 37.7. The summed E-state index contributed by atoms with van der Waals surface area (Å²) >= 11 is 0. The highest BCUT2D eigenvalue weighted by Crippen LogP contribution is 2.45. The Balaban J connectivity index is 2.16. The highest BCUT2D eigenvalue weighted by Gasteiger charge is 2.48. The minimum absolute atomic E-state index is 0.0486. The molecule has 1 unspecified atom stereocenters. The van der Waals surface area contributed by atoms with E-state index in [4.69, 9.17) is 9.47 Å². The molecule has 1 heterocycles. The Morgan fingerprint density at radius 2 is 1.88 bits per heavy atom. The van der Waals surface area contributed by atoms with E-state index in [9.17, 15) is 28.1 Å². The molecule has 2 aliphatic rings. The van der Waals surface area contributed by atoms with Gasteiger partial charge in [0.1, 0.15) is 5.60 Å². The highest BCUT2D eigenvalue weighted by atomic mass is 32.2. The number of ether oxygens (including phenoxy) is 2. The van der Waals surface area contributed by atoms with Gasteiger partial charge in [0, 0.05) is 24.2 Å². The predicted molar refractivity (Wildman–Crippen MR) is 114 cm³/mol. The second-order valence-electron chi connectivity index (χ2n) is 8.99. The van der Waals surface area contributed by atoms with Crippen molar-refractivity contribution in [2.75, 3.05) is 13.2 Å². The van der Waals surface area contributed by atoms with Crippen LogP contribution in [-0.2, 0) is 24.1 Å². The number of nitrogens with zero attached hydrogens (tertiary/aromatic N) is 2. The van der Waals surface area contributed by atoms with Crippen LogP contribution >= 0.6 is 0 Å². The number of sulfone groups is 1. The number of nitro groups is 1. The lowest BCUT2D eigenvalue weighted by atomic mass is 9.93. The lowest BCUT2D eigenvalue weighted by molar-refractivity contribution is -0.385. The average molecular weight is 469 g/mol. The normalized spacial score (nSPS) is 21.3. The molecule has 176 valence electrons. The molecule has 1 aliphatic carbocycles. The van der Waals surface area contributed by atoms with Gasteiger partial charge in [0.05, 0.1) is 33.6 Å². The number of hydrogen-bond acceptors (Lipinski definition) is 8. The van der Waals surface area contributed by atoms with Gasteiger partial charge in [-0.15, -0.1) is 0 Å². The molecule has 32 heavy (non-hydrogen) atoms. The summed E-state index contributed by atoms with van der Waals surface area (Å²) in [5, 5.41) is 10.9. The van der Waals surface area contributed by atoms with Crippen molar-refractivity contribution in [3.8, 4) is 0 Å². The van der Waals surface area contributed by atoms with E-state index in [-0.39, 0.29) is 35.7 Å². The van der Waals surface area contributed by atoms with Crippen molar-refractivity contribution in [2.24, 2.45) is 5.92 Å². The van der Waals surface area contributed by atoms with Crippen LogP contribution in [0.3, 0.4) is 0 Å². The average Bonchev–Trinajstić information content (AvgIpc) is 3.45. The lowest BCUT2D eigenvalue weighted by Gasteiger charge is -2.31. The maximum absolute atomic E-state index is 13.1. The number of carbonyl (C=O) groups excluding carboxylic acids is 2. The van der Waals surface area contributed by atoms with Gasteiger partial charge in [0.25, 0.3) is 5.69 Å². The number of benzene rings is 1. The van der Waals surface area contributed by atoms with E-state index in [0.29, 0.717) is 12.8 Å². The number of esters is 1. The summed E-state index contributed by atoms with van der Waals surface area (Å²) in [6.45, 7) is 6.94. The minimum Gasteiger partial charge on any atom is -0.466 e. The smallest absolute Gasteiger partial charge is 0.410 e. The zero-order valence-electron chi connectivity index (χ0n) is 18.6. The summed E-state index contributed by atoms with van der Waals surface area (Å²) < 4.78 is 36.9. The van der Waals surface area contributed by atoms with Gasteiger partial charge >= 0.3 is 12.1 Å². The first-order valence-corrected chi connectivity index (χ1v) is 12.1. The lowest BCUT2D eigenvalue weighted by Crippen LogP contribution is -2.39. The zero-order valence-corrected chi connectivity index (χ0v) is 19.4. The van der Waals surface area contributed by atoms with Crippen LogP contribution in [0.4, 0.5) is 10.5 Å². The molecule has 2 fully saturated rings. The molecule has 11 heteroatoms. The first-order chi connectivity index (χ1) is 14.9. The third kappa shape index (κ3) is 4.87. The van der Waals surface area contributed by atoms with Crippen LogP contribution in [0, 0.1) is 16.0 Å². The second-order valence-corrected chi connectivity index (χ2v) is 11.2. The summed E-state index contributed by atoms with van der Waals surface area (Å²) in [6, 6.07) is 2.42.